The van der Waals surface area contributed by atoms with Crippen LogP contribution in [0.3, 0.4) is 0 Å². The first-order valence-corrected chi connectivity index (χ1v) is 7.94. The molecule has 0 aliphatic carbocycles. The van der Waals surface area contributed by atoms with Gasteiger partial charge in [-0.1, -0.05) is 67.1 Å². The zero-order valence-electron chi connectivity index (χ0n) is 11.6. The summed E-state index contributed by atoms with van der Waals surface area (Å²) in [5, 5.41) is 0. The molecule has 1 unspecified atom stereocenters. The van der Waals surface area contributed by atoms with Crippen molar-refractivity contribution in [3.05, 3.63) is 29.8 Å². The number of rotatable bonds is 9. The summed E-state index contributed by atoms with van der Waals surface area (Å²) >= 11 is 3.79. The van der Waals surface area contributed by atoms with E-state index in [1.54, 1.807) is 7.11 Å². The topological polar surface area (TPSA) is 9.23 Å². The van der Waals surface area contributed by atoms with Crippen LogP contribution in [0.1, 0.15) is 51.0 Å². The number of alkyl halides is 1. The molecule has 2 heteroatoms. The summed E-state index contributed by atoms with van der Waals surface area (Å²) in [6.07, 6.45) is 9.14. The van der Waals surface area contributed by atoms with Gasteiger partial charge in [0.25, 0.3) is 0 Å². The van der Waals surface area contributed by atoms with Crippen LogP contribution >= 0.6 is 15.9 Å². The Labute approximate surface area is 120 Å². The van der Waals surface area contributed by atoms with E-state index >= 15 is 0 Å². The zero-order chi connectivity index (χ0) is 13.2. The van der Waals surface area contributed by atoms with Gasteiger partial charge < -0.3 is 4.74 Å². The van der Waals surface area contributed by atoms with Gasteiger partial charge in [-0.2, -0.15) is 0 Å². The van der Waals surface area contributed by atoms with E-state index in [0.29, 0.717) is 4.83 Å². The molecule has 1 aromatic rings. The minimum Gasteiger partial charge on any atom is -0.497 e. The minimum atomic E-state index is 0.589. The van der Waals surface area contributed by atoms with Gasteiger partial charge in [-0.15, -0.1) is 0 Å². The third-order valence-electron chi connectivity index (χ3n) is 3.21. The van der Waals surface area contributed by atoms with E-state index in [9.17, 15) is 0 Å². The SMILES string of the molecule is CCCCCCCC(Br)Cc1cccc(OC)c1. The average molecular weight is 313 g/mol. The highest BCUT2D eigenvalue weighted by Crippen LogP contribution is 2.20. The fourth-order valence-electron chi connectivity index (χ4n) is 2.13. The molecule has 102 valence electrons. The van der Waals surface area contributed by atoms with Crippen LogP contribution in [0.15, 0.2) is 24.3 Å². The summed E-state index contributed by atoms with van der Waals surface area (Å²) in [5.74, 6) is 0.954. The molecule has 0 radical (unpaired) electrons. The lowest BCUT2D eigenvalue weighted by Gasteiger charge is -2.10. The maximum absolute atomic E-state index is 5.25. The second kappa shape index (κ2) is 9.43. The highest BCUT2D eigenvalue weighted by Gasteiger charge is 2.06. The van der Waals surface area contributed by atoms with Crippen molar-refractivity contribution in [1.82, 2.24) is 0 Å². The van der Waals surface area contributed by atoms with E-state index in [-0.39, 0.29) is 0 Å². The molecule has 0 saturated heterocycles. The number of halogens is 1. The van der Waals surface area contributed by atoms with E-state index in [0.717, 1.165) is 12.2 Å². The summed E-state index contributed by atoms with van der Waals surface area (Å²) in [4.78, 5) is 0.589. The minimum absolute atomic E-state index is 0.589. The smallest absolute Gasteiger partial charge is 0.119 e. The van der Waals surface area contributed by atoms with Crippen LogP contribution in [-0.2, 0) is 6.42 Å². The Balaban J connectivity index is 2.24. The predicted octanol–water partition coefficient (Wildman–Crippen LogP) is 5.36. The molecule has 1 atom stereocenters. The Hall–Kier alpha value is -0.500. The van der Waals surface area contributed by atoms with Crippen molar-refractivity contribution < 1.29 is 4.74 Å². The maximum atomic E-state index is 5.25. The van der Waals surface area contributed by atoms with Crippen molar-refractivity contribution in [2.45, 2.75) is 56.7 Å². The van der Waals surface area contributed by atoms with Crippen LogP contribution in [0.2, 0.25) is 0 Å². The van der Waals surface area contributed by atoms with Crippen LogP contribution in [0.25, 0.3) is 0 Å². The summed E-state index contributed by atoms with van der Waals surface area (Å²) in [6.45, 7) is 2.26. The normalized spacial score (nSPS) is 12.4. The quantitative estimate of drug-likeness (QED) is 0.440. The molecule has 1 rings (SSSR count). The van der Waals surface area contributed by atoms with Crippen molar-refractivity contribution in [1.29, 1.82) is 0 Å². The lowest BCUT2D eigenvalue weighted by Crippen LogP contribution is -2.02. The summed E-state index contributed by atoms with van der Waals surface area (Å²) in [6, 6.07) is 8.37. The largest absolute Gasteiger partial charge is 0.497 e. The molecule has 0 saturated carbocycles. The summed E-state index contributed by atoms with van der Waals surface area (Å²) in [7, 11) is 1.72. The lowest BCUT2D eigenvalue weighted by molar-refractivity contribution is 0.414. The fraction of sp³-hybridized carbons (Fsp3) is 0.625. The van der Waals surface area contributed by atoms with Crippen molar-refractivity contribution in [2.75, 3.05) is 7.11 Å². The first-order chi connectivity index (χ1) is 8.76. The molecular formula is C16H25BrO. The second-order valence-electron chi connectivity index (χ2n) is 4.86. The zero-order valence-corrected chi connectivity index (χ0v) is 13.2. The molecule has 18 heavy (non-hydrogen) atoms. The first-order valence-electron chi connectivity index (χ1n) is 7.03. The third-order valence-corrected chi connectivity index (χ3v) is 3.99. The lowest BCUT2D eigenvalue weighted by atomic mass is 10.0. The molecular weight excluding hydrogens is 288 g/mol. The fourth-order valence-corrected chi connectivity index (χ4v) is 2.82. The molecule has 0 aliphatic heterocycles. The Morgan fingerprint density at radius 2 is 1.94 bits per heavy atom. The molecule has 0 N–H and O–H groups in total. The molecule has 0 fully saturated rings. The number of benzene rings is 1. The van der Waals surface area contributed by atoms with E-state index in [2.05, 4.69) is 41.1 Å². The molecule has 0 heterocycles. The highest BCUT2D eigenvalue weighted by molar-refractivity contribution is 9.09. The van der Waals surface area contributed by atoms with Crippen LogP contribution in [0.4, 0.5) is 0 Å². The van der Waals surface area contributed by atoms with E-state index in [1.807, 2.05) is 6.07 Å². The van der Waals surface area contributed by atoms with Crippen LogP contribution in [-0.4, -0.2) is 11.9 Å². The Morgan fingerprint density at radius 1 is 1.17 bits per heavy atom. The maximum Gasteiger partial charge on any atom is 0.119 e. The van der Waals surface area contributed by atoms with Gasteiger partial charge in [-0.25, -0.2) is 0 Å². The summed E-state index contributed by atoms with van der Waals surface area (Å²) in [5.41, 5.74) is 1.35. The molecule has 1 nitrogen and oxygen atoms in total. The van der Waals surface area contributed by atoms with E-state index < -0.39 is 0 Å². The number of hydrogen-bond acceptors (Lipinski definition) is 1. The van der Waals surface area contributed by atoms with Gasteiger partial charge in [0.05, 0.1) is 7.11 Å². The molecule has 0 spiro atoms. The standard InChI is InChI=1S/C16H25BrO/c1-3-4-5-6-7-10-15(17)12-14-9-8-11-16(13-14)18-2/h8-9,11,13,15H,3-7,10,12H2,1-2H3. The van der Waals surface area contributed by atoms with Crippen molar-refractivity contribution in [3.8, 4) is 5.75 Å². The van der Waals surface area contributed by atoms with Gasteiger partial charge in [-0.3, -0.25) is 0 Å². The number of unbranched alkanes of at least 4 members (excludes halogenated alkanes) is 4. The second-order valence-corrected chi connectivity index (χ2v) is 6.15. The molecule has 0 aliphatic rings. The van der Waals surface area contributed by atoms with Gasteiger partial charge in [-0.05, 0) is 30.5 Å². The molecule has 1 aromatic carbocycles. The van der Waals surface area contributed by atoms with E-state index in [4.69, 9.17) is 4.74 Å². The van der Waals surface area contributed by atoms with Gasteiger partial charge in [0.2, 0.25) is 0 Å². The summed E-state index contributed by atoms with van der Waals surface area (Å²) < 4.78 is 5.25. The number of methoxy groups -OCH3 is 1. The van der Waals surface area contributed by atoms with Crippen LogP contribution in [0, 0.1) is 0 Å². The average Bonchev–Trinajstić information content (AvgIpc) is 2.38. The highest BCUT2D eigenvalue weighted by atomic mass is 79.9. The van der Waals surface area contributed by atoms with E-state index in [1.165, 1.54) is 44.1 Å². The van der Waals surface area contributed by atoms with Crippen molar-refractivity contribution in [2.24, 2.45) is 0 Å². The van der Waals surface area contributed by atoms with Crippen LogP contribution < -0.4 is 4.74 Å². The van der Waals surface area contributed by atoms with Crippen LogP contribution in [0.5, 0.6) is 5.75 Å². The Bertz CT molecular complexity index is 325. The van der Waals surface area contributed by atoms with Gasteiger partial charge >= 0.3 is 0 Å². The van der Waals surface area contributed by atoms with Crippen molar-refractivity contribution >= 4 is 15.9 Å². The molecule has 0 bridgehead atoms. The van der Waals surface area contributed by atoms with Gasteiger partial charge in [0.1, 0.15) is 5.75 Å². The predicted molar refractivity (Wildman–Crippen MR) is 82.8 cm³/mol. The van der Waals surface area contributed by atoms with Crippen molar-refractivity contribution in [3.63, 3.8) is 0 Å². The van der Waals surface area contributed by atoms with Gasteiger partial charge in [0.15, 0.2) is 0 Å². The number of ether oxygens (including phenoxy) is 1. The molecule has 0 aromatic heterocycles. The number of hydrogen-bond donors (Lipinski definition) is 0. The monoisotopic (exact) mass is 312 g/mol. The first kappa shape index (κ1) is 15.6. The molecule has 0 amide bonds. The van der Waals surface area contributed by atoms with Gasteiger partial charge in [0, 0.05) is 4.83 Å². The Kier molecular flexibility index (Phi) is 8.15. The third kappa shape index (κ3) is 6.44. The Morgan fingerprint density at radius 3 is 2.67 bits per heavy atom.